The van der Waals surface area contributed by atoms with Gasteiger partial charge in [0.15, 0.2) is 5.69 Å². The van der Waals surface area contributed by atoms with Crippen LogP contribution in [-0.4, -0.2) is 42.4 Å². The summed E-state index contributed by atoms with van der Waals surface area (Å²) in [6.07, 6.45) is 0. The first-order valence-electron chi connectivity index (χ1n) is 6.21. The van der Waals surface area contributed by atoms with Crippen molar-refractivity contribution in [3.05, 3.63) is 36.0 Å². The fourth-order valence-corrected chi connectivity index (χ4v) is 2.31. The number of ether oxygens (including phenoxy) is 1. The molecule has 1 fully saturated rings. The van der Waals surface area contributed by atoms with Crippen LogP contribution in [0.15, 0.2) is 30.3 Å². The van der Waals surface area contributed by atoms with Crippen LogP contribution in [0.3, 0.4) is 0 Å². The van der Waals surface area contributed by atoms with Crippen molar-refractivity contribution >= 4 is 22.6 Å². The largest absolute Gasteiger partial charge is 0.477 e. The first-order valence-corrected chi connectivity index (χ1v) is 6.21. The molecule has 19 heavy (non-hydrogen) atoms. The van der Waals surface area contributed by atoms with Gasteiger partial charge in [-0.05, 0) is 11.5 Å². The van der Waals surface area contributed by atoms with E-state index in [4.69, 9.17) is 9.84 Å². The second-order valence-electron chi connectivity index (χ2n) is 4.46. The average Bonchev–Trinajstić information content (AvgIpc) is 2.47. The van der Waals surface area contributed by atoms with Crippen molar-refractivity contribution in [1.29, 1.82) is 0 Å². The van der Waals surface area contributed by atoms with Crippen molar-refractivity contribution in [3.63, 3.8) is 0 Å². The average molecular weight is 258 g/mol. The number of hydrogen-bond donors (Lipinski definition) is 1. The lowest BCUT2D eigenvalue weighted by atomic mass is 10.1. The van der Waals surface area contributed by atoms with E-state index in [0.717, 1.165) is 29.7 Å². The van der Waals surface area contributed by atoms with E-state index in [1.54, 1.807) is 6.07 Å². The van der Waals surface area contributed by atoms with Crippen molar-refractivity contribution in [3.8, 4) is 0 Å². The summed E-state index contributed by atoms with van der Waals surface area (Å²) in [7, 11) is 0. The molecule has 1 aromatic carbocycles. The minimum atomic E-state index is -1.000. The summed E-state index contributed by atoms with van der Waals surface area (Å²) in [5.74, 6) is -0.265. The molecule has 0 unspecified atom stereocenters. The highest BCUT2D eigenvalue weighted by atomic mass is 16.5. The molecule has 1 aliphatic heterocycles. The quantitative estimate of drug-likeness (QED) is 0.889. The van der Waals surface area contributed by atoms with Gasteiger partial charge in [-0.3, -0.25) is 0 Å². The van der Waals surface area contributed by atoms with Crippen LogP contribution in [-0.2, 0) is 4.74 Å². The number of hydrogen-bond acceptors (Lipinski definition) is 4. The lowest BCUT2D eigenvalue weighted by Gasteiger charge is -2.29. The van der Waals surface area contributed by atoms with Crippen LogP contribution in [0.4, 0.5) is 5.82 Å². The van der Waals surface area contributed by atoms with Gasteiger partial charge in [-0.25, -0.2) is 9.78 Å². The number of pyridine rings is 1. The zero-order valence-corrected chi connectivity index (χ0v) is 10.4. The third-order valence-electron chi connectivity index (χ3n) is 3.25. The van der Waals surface area contributed by atoms with Gasteiger partial charge in [-0.1, -0.05) is 24.3 Å². The monoisotopic (exact) mass is 258 g/mol. The van der Waals surface area contributed by atoms with E-state index in [1.807, 2.05) is 24.3 Å². The first kappa shape index (κ1) is 11.9. The minimum Gasteiger partial charge on any atom is -0.477 e. The van der Waals surface area contributed by atoms with E-state index < -0.39 is 5.97 Å². The second-order valence-corrected chi connectivity index (χ2v) is 4.46. The fraction of sp³-hybridized carbons (Fsp3) is 0.286. The van der Waals surface area contributed by atoms with E-state index >= 15 is 0 Å². The molecule has 0 amide bonds. The highest BCUT2D eigenvalue weighted by Gasteiger charge is 2.18. The highest BCUT2D eigenvalue weighted by molar-refractivity contribution is 5.98. The van der Waals surface area contributed by atoms with Gasteiger partial charge < -0.3 is 14.7 Å². The lowest BCUT2D eigenvalue weighted by molar-refractivity contribution is 0.0690. The number of rotatable bonds is 2. The fourth-order valence-electron chi connectivity index (χ4n) is 2.31. The number of anilines is 1. The van der Waals surface area contributed by atoms with Gasteiger partial charge in [0.05, 0.1) is 13.2 Å². The normalized spacial score (nSPS) is 15.7. The number of carbonyl (C=O) groups is 1. The van der Waals surface area contributed by atoms with Crippen LogP contribution in [0, 0.1) is 0 Å². The molecule has 5 heteroatoms. The van der Waals surface area contributed by atoms with E-state index in [2.05, 4.69) is 9.88 Å². The number of fused-ring (bicyclic) bond motifs is 1. The number of aromatic nitrogens is 1. The van der Waals surface area contributed by atoms with Gasteiger partial charge in [-0.2, -0.15) is 0 Å². The van der Waals surface area contributed by atoms with Gasteiger partial charge in [0.2, 0.25) is 0 Å². The molecule has 1 aromatic heterocycles. The van der Waals surface area contributed by atoms with Gasteiger partial charge >= 0.3 is 5.97 Å². The Balaban J connectivity index is 2.16. The Kier molecular flexibility index (Phi) is 3.05. The minimum absolute atomic E-state index is 0.0835. The third kappa shape index (κ3) is 2.24. The highest BCUT2D eigenvalue weighted by Crippen LogP contribution is 2.26. The zero-order valence-electron chi connectivity index (χ0n) is 10.4. The summed E-state index contributed by atoms with van der Waals surface area (Å²) in [5.41, 5.74) is 0.0835. The Morgan fingerprint density at radius 3 is 2.74 bits per heavy atom. The number of carboxylic acids is 1. The molecule has 2 aromatic rings. The van der Waals surface area contributed by atoms with Crippen LogP contribution < -0.4 is 4.90 Å². The zero-order chi connectivity index (χ0) is 13.2. The standard InChI is InChI=1S/C14H14N2O3/c17-14(18)12-9-10-3-1-2-4-11(10)13(15-12)16-5-7-19-8-6-16/h1-4,9H,5-8H2,(H,17,18). The van der Waals surface area contributed by atoms with Crippen molar-refractivity contribution in [1.82, 2.24) is 4.98 Å². The molecule has 0 radical (unpaired) electrons. The predicted molar refractivity (Wildman–Crippen MR) is 71.7 cm³/mol. The predicted octanol–water partition coefficient (Wildman–Crippen LogP) is 1.77. The molecule has 98 valence electrons. The summed E-state index contributed by atoms with van der Waals surface area (Å²) in [6, 6.07) is 9.33. The number of nitrogens with zero attached hydrogens (tertiary/aromatic N) is 2. The molecular formula is C14H14N2O3. The second kappa shape index (κ2) is 4.85. The van der Waals surface area contributed by atoms with Crippen LogP contribution in [0.2, 0.25) is 0 Å². The van der Waals surface area contributed by atoms with Crippen LogP contribution in [0.1, 0.15) is 10.5 Å². The number of morpholine rings is 1. The molecule has 0 bridgehead atoms. The molecule has 1 saturated heterocycles. The summed E-state index contributed by atoms with van der Waals surface area (Å²) < 4.78 is 5.33. The summed E-state index contributed by atoms with van der Waals surface area (Å²) in [4.78, 5) is 17.6. The van der Waals surface area contributed by atoms with Gasteiger partial charge in [-0.15, -0.1) is 0 Å². The van der Waals surface area contributed by atoms with Crippen molar-refractivity contribution in [2.75, 3.05) is 31.2 Å². The SMILES string of the molecule is O=C(O)c1cc2ccccc2c(N2CCOCC2)n1. The van der Waals surface area contributed by atoms with Gasteiger partial charge in [0.1, 0.15) is 5.82 Å². The Hall–Kier alpha value is -2.14. The van der Waals surface area contributed by atoms with E-state index in [9.17, 15) is 4.79 Å². The molecule has 0 saturated carbocycles. The Labute approximate surface area is 110 Å². The van der Waals surface area contributed by atoms with E-state index in [0.29, 0.717) is 13.2 Å². The van der Waals surface area contributed by atoms with Gasteiger partial charge in [0.25, 0.3) is 0 Å². The van der Waals surface area contributed by atoms with Crippen LogP contribution in [0.25, 0.3) is 10.8 Å². The van der Waals surface area contributed by atoms with E-state index in [1.165, 1.54) is 0 Å². The molecule has 0 atom stereocenters. The lowest BCUT2D eigenvalue weighted by Crippen LogP contribution is -2.37. The molecule has 5 nitrogen and oxygen atoms in total. The number of benzene rings is 1. The summed E-state index contributed by atoms with van der Waals surface area (Å²) >= 11 is 0. The van der Waals surface area contributed by atoms with Crippen LogP contribution in [0.5, 0.6) is 0 Å². The molecule has 1 N–H and O–H groups in total. The smallest absolute Gasteiger partial charge is 0.354 e. The van der Waals surface area contributed by atoms with Crippen molar-refractivity contribution in [2.24, 2.45) is 0 Å². The summed E-state index contributed by atoms with van der Waals surface area (Å²) in [5, 5.41) is 11.0. The Morgan fingerprint density at radius 1 is 1.26 bits per heavy atom. The maximum absolute atomic E-state index is 11.2. The molecular weight excluding hydrogens is 244 g/mol. The third-order valence-corrected chi connectivity index (χ3v) is 3.25. The molecule has 1 aliphatic rings. The molecule has 2 heterocycles. The van der Waals surface area contributed by atoms with Crippen molar-refractivity contribution < 1.29 is 14.6 Å². The number of aromatic carboxylic acids is 1. The molecule has 3 rings (SSSR count). The maximum atomic E-state index is 11.2. The van der Waals surface area contributed by atoms with Crippen molar-refractivity contribution in [2.45, 2.75) is 0 Å². The number of carboxylic acid groups (broad SMARTS) is 1. The first-order chi connectivity index (χ1) is 9.25. The molecule has 0 aliphatic carbocycles. The van der Waals surface area contributed by atoms with E-state index in [-0.39, 0.29) is 5.69 Å². The summed E-state index contributed by atoms with van der Waals surface area (Å²) in [6.45, 7) is 2.76. The maximum Gasteiger partial charge on any atom is 0.354 e. The topological polar surface area (TPSA) is 62.7 Å². The Morgan fingerprint density at radius 2 is 2.00 bits per heavy atom. The Bertz CT molecular complexity index is 621. The van der Waals surface area contributed by atoms with Gasteiger partial charge in [0, 0.05) is 18.5 Å². The molecule has 0 spiro atoms. The van der Waals surface area contributed by atoms with Crippen LogP contribution >= 0.6 is 0 Å².